The molecule has 0 aliphatic carbocycles. The van der Waals surface area contributed by atoms with Gasteiger partial charge in [0, 0.05) is 18.1 Å². The Morgan fingerprint density at radius 1 is 1.23 bits per heavy atom. The van der Waals surface area contributed by atoms with Crippen LogP contribution in [0.15, 0.2) is 24.3 Å². The molecular formula is C20H28ClNO4. The van der Waals surface area contributed by atoms with E-state index in [0.717, 1.165) is 5.56 Å². The summed E-state index contributed by atoms with van der Waals surface area (Å²) in [4.78, 5) is 26.7. The van der Waals surface area contributed by atoms with Crippen molar-refractivity contribution < 1.29 is 19.1 Å². The lowest BCUT2D eigenvalue weighted by Crippen LogP contribution is -2.49. The fraction of sp³-hybridized carbons (Fsp3) is 0.600. The lowest BCUT2D eigenvalue weighted by Gasteiger charge is -2.40. The van der Waals surface area contributed by atoms with Crippen LogP contribution in [0, 0.1) is 5.41 Å². The zero-order valence-corrected chi connectivity index (χ0v) is 16.8. The highest BCUT2D eigenvalue weighted by Crippen LogP contribution is 2.37. The fourth-order valence-corrected chi connectivity index (χ4v) is 3.43. The number of carbonyl (C=O) groups excluding carboxylic acids is 2. The Morgan fingerprint density at radius 2 is 1.88 bits per heavy atom. The monoisotopic (exact) mass is 381 g/mol. The van der Waals surface area contributed by atoms with Crippen LogP contribution in [0.4, 0.5) is 4.79 Å². The van der Waals surface area contributed by atoms with E-state index in [2.05, 4.69) is 0 Å². The number of esters is 1. The second-order valence-corrected chi connectivity index (χ2v) is 8.21. The van der Waals surface area contributed by atoms with Crippen LogP contribution < -0.4 is 0 Å². The molecule has 1 aliphatic heterocycles. The van der Waals surface area contributed by atoms with Crippen molar-refractivity contribution in [1.82, 2.24) is 4.90 Å². The summed E-state index contributed by atoms with van der Waals surface area (Å²) in [5, 5.41) is 0.646. The molecule has 2 rings (SSSR count). The molecule has 0 unspecified atom stereocenters. The number of hydrogen-bond donors (Lipinski definition) is 0. The van der Waals surface area contributed by atoms with Crippen molar-refractivity contribution in [2.45, 2.75) is 52.6 Å². The molecule has 0 saturated carbocycles. The average Bonchev–Trinajstić information content (AvgIpc) is 2.54. The summed E-state index contributed by atoms with van der Waals surface area (Å²) in [5.41, 5.74) is -0.177. The fourth-order valence-electron chi connectivity index (χ4n) is 3.22. The Labute approximate surface area is 160 Å². The highest BCUT2D eigenvalue weighted by Gasteiger charge is 2.44. The van der Waals surface area contributed by atoms with Gasteiger partial charge in [-0.3, -0.25) is 4.79 Å². The van der Waals surface area contributed by atoms with Crippen LogP contribution in [0.25, 0.3) is 0 Å². The maximum absolute atomic E-state index is 12.7. The zero-order chi connectivity index (χ0) is 19.4. The number of ether oxygens (including phenoxy) is 2. The molecule has 1 aliphatic rings. The molecule has 26 heavy (non-hydrogen) atoms. The topological polar surface area (TPSA) is 55.8 Å². The molecule has 0 radical (unpaired) electrons. The standard InChI is InChI=1S/C20H28ClNO4/c1-5-25-17(23)20(14-15-7-6-8-16(21)13-15)9-11-22(12-10-20)18(24)26-19(2,3)4/h6-8,13H,5,9-12,14H2,1-4H3. The van der Waals surface area contributed by atoms with Crippen LogP contribution in [0.2, 0.25) is 5.02 Å². The maximum Gasteiger partial charge on any atom is 0.410 e. The van der Waals surface area contributed by atoms with E-state index in [1.54, 1.807) is 11.8 Å². The Balaban J connectivity index is 2.13. The molecule has 1 heterocycles. The van der Waals surface area contributed by atoms with Crippen molar-refractivity contribution in [3.63, 3.8) is 0 Å². The minimum atomic E-state index is -0.640. The Hall–Kier alpha value is -1.75. The largest absolute Gasteiger partial charge is 0.466 e. The first-order chi connectivity index (χ1) is 12.1. The van der Waals surface area contributed by atoms with Crippen LogP contribution in [-0.4, -0.2) is 42.3 Å². The number of piperidine rings is 1. The van der Waals surface area contributed by atoms with Crippen LogP contribution in [0.1, 0.15) is 46.1 Å². The summed E-state index contributed by atoms with van der Waals surface area (Å²) in [6.07, 6.45) is 1.29. The molecule has 0 N–H and O–H groups in total. The number of benzene rings is 1. The van der Waals surface area contributed by atoms with Crippen molar-refractivity contribution >= 4 is 23.7 Å². The third-order valence-electron chi connectivity index (χ3n) is 4.51. The van der Waals surface area contributed by atoms with E-state index in [1.807, 2.05) is 45.0 Å². The molecule has 0 bridgehead atoms. The molecule has 6 heteroatoms. The van der Waals surface area contributed by atoms with E-state index < -0.39 is 11.0 Å². The summed E-state index contributed by atoms with van der Waals surface area (Å²) in [6.45, 7) is 8.61. The van der Waals surface area contributed by atoms with E-state index in [9.17, 15) is 9.59 Å². The lowest BCUT2D eigenvalue weighted by atomic mass is 9.74. The van der Waals surface area contributed by atoms with Gasteiger partial charge < -0.3 is 14.4 Å². The summed E-state index contributed by atoms with van der Waals surface area (Å²) >= 11 is 6.09. The zero-order valence-electron chi connectivity index (χ0n) is 16.0. The average molecular weight is 382 g/mol. The van der Waals surface area contributed by atoms with Gasteiger partial charge in [0.15, 0.2) is 0 Å². The van der Waals surface area contributed by atoms with Crippen molar-refractivity contribution in [3.05, 3.63) is 34.9 Å². The maximum atomic E-state index is 12.7. The van der Waals surface area contributed by atoms with Gasteiger partial charge >= 0.3 is 12.1 Å². The number of hydrogen-bond acceptors (Lipinski definition) is 4. The molecule has 0 atom stereocenters. The van der Waals surface area contributed by atoms with Gasteiger partial charge in [-0.1, -0.05) is 23.7 Å². The molecule has 1 saturated heterocycles. The number of amides is 1. The SMILES string of the molecule is CCOC(=O)C1(Cc2cccc(Cl)c2)CCN(C(=O)OC(C)(C)C)CC1. The Bertz CT molecular complexity index is 645. The molecule has 0 spiro atoms. The van der Waals surface area contributed by atoms with Crippen LogP contribution in [0.5, 0.6) is 0 Å². The van der Waals surface area contributed by atoms with E-state index in [1.165, 1.54) is 0 Å². The molecule has 1 amide bonds. The summed E-state index contributed by atoms with van der Waals surface area (Å²) in [6, 6.07) is 7.54. The molecule has 1 aromatic carbocycles. The number of carbonyl (C=O) groups is 2. The molecule has 1 fully saturated rings. The van der Waals surface area contributed by atoms with Gasteiger partial charge in [0.2, 0.25) is 0 Å². The van der Waals surface area contributed by atoms with Crippen molar-refractivity contribution in [2.24, 2.45) is 5.41 Å². The van der Waals surface area contributed by atoms with Crippen molar-refractivity contribution in [3.8, 4) is 0 Å². The predicted octanol–water partition coefficient (Wildman–Crippen LogP) is 4.46. The minimum Gasteiger partial charge on any atom is -0.466 e. The third kappa shape index (κ3) is 5.37. The Kier molecular flexibility index (Phi) is 6.56. The van der Waals surface area contributed by atoms with Crippen LogP contribution >= 0.6 is 11.6 Å². The molecule has 144 valence electrons. The second kappa shape index (κ2) is 8.30. The first-order valence-electron chi connectivity index (χ1n) is 9.05. The lowest BCUT2D eigenvalue weighted by molar-refractivity contribution is -0.158. The number of halogens is 1. The van der Waals surface area contributed by atoms with E-state index in [4.69, 9.17) is 21.1 Å². The van der Waals surface area contributed by atoms with E-state index >= 15 is 0 Å². The minimum absolute atomic E-state index is 0.205. The predicted molar refractivity (Wildman–Crippen MR) is 101 cm³/mol. The van der Waals surface area contributed by atoms with Crippen molar-refractivity contribution in [2.75, 3.05) is 19.7 Å². The summed E-state index contributed by atoms with van der Waals surface area (Å²) in [5.74, 6) is -0.205. The molecule has 1 aromatic rings. The van der Waals surface area contributed by atoms with Gasteiger partial charge in [-0.25, -0.2) is 4.79 Å². The molecule has 0 aromatic heterocycles. The van der Waals surface area contributed by atoms with E-state index in [0.29, 0.717) is 44.0 Å². The van der Waals surface area contributed by atoms with Gasteiger partial charge in [-0.2, -0.15) is 0 Å². The first-order valence-corrected chi connectivity index (χ1v) is 9.42. The van der Waals surface area contributed by atoms with Gasteiger partial charge in [0.05, 0.1) is 12.0 Å². The Morgan fingerprint density at radius 3 is 2.42 bits per heavy atom. The number of rotatable bonds is 4. The third-order valence-corrected chi connectivity index (χ3v) is 4.75. The highest BCUT2D eigenvalue weighted by atomic mass is 35.5. The van der Waals surface area contributed by atoms with Crippen LogP contribution in [0.3, 0.4) is 0 Å². The summed E-state index contributed by atoms with van der Waals surface area (Å²) in [7, 11) is 0. The van der Waals surface area contributed by atoms with Gasteiger partial charge in [0.25, 0.3) is 0 Å². The normalized spacial score (nSPS) is 16.9. The first kappa shape index (κ1) is 20.6. The van der Waals surface area contributed by atoms with Gasteiger partial charge in [-0.05, 0) is 64.7 Å². The smallest absolute Gasteiger partial charge is 0.410 e. The van der Waals surface area contributed by atoms with Gasteiger partial charge in [0.1, 0.15) is 5.60 Å². The molecule has 5 nitrogen and oxygen atoms in total. The molecular weight excluding hydrogens is 354 g/mol. The number of nitrogens with zero attached hydrogens (tertiary/aromatic N) is 1. The highest BCUT2D eigenvalue weighted by molar-refractivity contribution is 6.30. The number of likely N-dealkylation sites (tertiary alicyclic amines) is 1. The van der Waals surface area contributed by atoms with Crippen molar-refractivity contribution in [1.29, 1.82) is 0 Å². The second-order valence-electron chi connectivity index (χ2n) is 7.77. The van der Waals surface area contributed by atoms with Gasteiger partial charge in [-0.15, -0.1) is 0 Å². The van der Waals surface area contributed by atoms with Crippen LogP contribution in [-0.2, 0) is 20.7 Å². The summed E-state index contributed by atoms with van der Waals surface area (Å²) < 4.78 is 10.8. The van der Waals surface area contributed by atoms with E-state index in [-0.39, 0.29) is 12.1 Å². The quantitative estimate of drug-likeness (QED) is 0.722.